The SMILES string of the molecule is CCCNC(C1=CCCCO1)c1ccccc1CC. The van der Waals surface area contributed by atoms with Crippen LogP contribution in [0.15, 0.2) is 36.1 Å². The predicted molar refractivity (Wildman–Crippen MR) is 80.1 cm³/mol. The smallest absolute Gasteiger partial charge is 0.113 e. The molecule has 1 heterocycles. The maximum atomic E-state index is 5.89. The van der Waals surface area contributed by atoms with E-state index >= 15 is 0 Å². The Hall–Kier alpha value is -1.28. The molecule has 2 nitrogen and oxygen atoms in total. The molecule has 0 radical (unpaired) electrons. The molecule has 104 valence electrons. The zero-order chi connectivity index (χ0) is 13.5. The number of nitrogens with one attached hydrogen (secondary N) is 1. The molecule has 1 aromatic carbocycles. The Balaban J connectivity index is 2.27. The van der Waals surface area contributed by atoms with E-state index in [-0.39, 0.29) is 6.04 Å². The van der Waals surface area contributed by atoms with Crippen molar-refractivity contribution in [2.75, 3.05) is 13.2 Å². The summed E-state index contributed by atoms with van der Waals surface area (Å²) in [6.07, 6.45) is 6.72. The number of hydrogen-bond acceptors (Lipinski definition) is 2. The van der Waals surface area contributed by atoms with E-state index in [1.165, 1.54) is 11.1 Å². The molecule has 0 saturated heterocycles. The molecule has 1 aromatic rings. The topological polar surface area (TPSA) is 21.3 Å². The Morgan fingerprint density at radius 3 is 2.79 bits per heavy atom. The number of hydrogen-bond donors (Lipinski definition) is 1. The van der Waals surface area contributed by atoms with E-state index in [4.69, 9.17) is 4.74 Å². The lowest BCUT2D eigenvalue weighted by molar-refractivity contribution is 0.167. The summed E-state index contributed by atoms with van der Waals surface area (Å²) in [7, 11) is 0. The zero-order valence-electron chi connectivity index (χ0n) is 12.1. The van der Waals surface area contributed by atoms with Gasteiger partial charge in [-0.1, -0.05) is 38.1 Å². The van der Waals surface area contributed by atoms with E-state index in [0.29, 0.717) is 0 Å². The van der Waals surface area contributed by atoms with Gasteiger partial charge >= 0.3 is 0 Å². The van der Waals surface area contributed by atoms with Crippen LogP contribution in [0.1, 0.15) is 50.3 Å². The second-order valence-corrected chi connectivity index (χ2v) is 5.04. The van der Waals surface area contributed by atoms with Gasteiger partial charge in [0.05, 0.1) is 12.6 Å². The molecule has 0 spiro atoms. The van der Waals surface area contributed by atoms with Gasteiger partial charge in [0.25, 0.3) is 0 Å². The van der Waals surface area contributed by atoms with Gasteiger partial charge in [0.15, 0.2) is 0 Å². The first kappa shape index (κ1) is 14.1. The van der Waals surface area contributed by atoms with Crippen LogP contribution in [-0.4, -0.2) is 13.2 Å². The highest BCUT2D eigenvalue weighted by Crippen LogP contribution is 2.28. The van der Waals surface area contributed by atoms with Crippen molar-refractivity contribution in [2.24, 2.45) is 0 Å². The van der Waals surface area contributed by atoms with E-state index in [9.17, 15) is 0 Å². The largest absolute Gasteiger partial charge is 0.496 e. The Morgan fingerprint density at radius 1 is 1.26 bits per heavy atom. The number of benzene rings is 1. The third kappa shape index (κ3) is 3.60. The van der Waals surface area contributed by atoms with Crippen LogP contribution in [0.25, 0.3) is 0 Å². The Morgan fingerprint density at radius 2 is 2.11 bits per heavy atom. The summed E-state index contributed by atoms with van der Waals surface area (Å²) in [6, 6.07) is 8.91. The first-order chi connectivity index (χ1) is 9.36. The van der Waals surface area contributed by atoms with Gasteiger partial charge in [-0.15, -0.1) is 0 Å². The molecule has 0 aliphatic carbocycles. The maximum Gasteiger partial charge on any atom is 0.113 e. The highest BCUT2D eigenvalue weighted by molar-refractivity contribution is 5.34. The van der Waals surface area contributed by atoms with Crippen molar-refractivity contribution in [1.29, 1.82) is 0 Å². The predicted octanol–water partition coefficient (Wildman–Crippen LogP) is 3.98. The first-order valence-corrected chi connectivity index (χ1v) is 7.50. The normalized spacial score (nSPS) is 16.6. The van der Waals surface area contributed by atoms with E-state index < -0.39 is 0 Å². The van der Waals surface area contributed by atoms with E-state index in [0.717, 1.165) is 44.6 Å². The second-order valence-electron chi connectivity index (χ2n) is 5.04. The van der Waals surface area contributed by atoms with Gasteiger partial charge in [0, 0.05) is 0 Å². The molecule has 0 fully saturated rings. The van der Waals surface area contributed by atoms with Crippen molar-refractivity contribution >= 4 is 0 Å². The monoisotopic (exact) mass is 259 g/mol. The third-order valence-electron chi connectivity index (χ3n) is 3.59. The molecule has 1 atom stereocenters. The summed E-state index contributed by atoms with van der Waals surface area (Å²) in [5.41, 5.74) is 2.78. The van der Waals surface area contributed by atoms with Gasteiger partial charge in [-0.25, -0.2) is 0 Å². The fourth-order valence-electron chi connectivity index (χ4n) is 2.57. The van der Waals surface area contributed by atoms with Crippen molar-refractivity contribution in [2.45, 2.75) is 45.6 Å². The second kappa shape index (κ2) is 7.34. The van der Waals surface area contributed by atoms with Gasteiger partial charge in [-0.05, 0) is 49.4 Å². The van der Waals surface area contributed by atoms with Crippen LogP contribution in [0.3, 0.4) is 0 Å². The Bertz CT molecular complexity index is 425. The van der Waals surface area contributed by atoms with Crippen molar-refractivity contribution in [1.82, 2.24) is 5.32 Å². The fourth-order valence-corrected chi connectivity index (χ4v) is 2.57. The van der Waals surface area contributed by atoms with Crippen LogP contribution >= 0.6 is 0 Å². The number of allylic oxidation sites excluding steroid dienone is 1. The van der Waals surface area contributed by atoms with Crippen molar-refractivity contribution in [3.05, 3.63) is 47.2 Å². The van der Waals surface area contributed by atoms with Gasteiger partial charge in [0.2, 0.25) is 0 Å². The first-order valence-electron chi connectivity index (χ1n) is 7.50. The Kier molecular flexibility index (Phi) is 5.46. The lowest BCUT2D eigenvalue weighted by Crippen LogP contribution is -2.27. The van der Waals surface area contributed by atoms with Gasteiger partial charge in [-0.2, -0.15) is 0 Å². The van der Waals surface area contributed by atoms with Crippen LogP contribution < -0.4 is 5.32 Å². The van der Waals surface area contributed by atoms with Crippen molar-refractivity contribution < 1.29 is 4.74 Å². The number of aryl methyl sites for hydroxylation is 1. The minimum absolute atomic E-state index is 0.219. The minimum Gasteiger partial charge on any atom is -0.496 e. The van der Waals surface area contributed by atoms with Crippen LogP contribution in [-0.2, 0) is 11.2 Å². The summed E-state index contributed by atoms with van der Waals surface area (Å²) in [4.78, 5) is 0. The molecule has 0 amide bonds. The van der Waals surface area contributed by atoms with E-state index in [1.54, 1.807) is 0 Å². The van der Waals surface area contributed by atoms with Gasteiger partial charge in [0.1, 0.15) is 5.76 Å². The molecule has 19 heavy (non-hydrogen) atoms. The third-order valence-corrected chi connectivity index (χ3v) is 3.59. The lowest BCUT2D eigenvalue weighted by Gasteiger charge is -2.26. The number of ether oxygens (including phenoxy) is 1. The molecule has 1 aliphatic rings. The standard InChI is InChI=1S/C17H25NO/c1-3-12-18-17(16-11-7-8-13-19-16)15-10-6-5-9-14(15)4-2/h5-6,9-11,17-18H,3-4,7-8,12-13H2,1-2H3. The molecule has 1 aliphatic heterocycles. The molecular formula is C17H25NO. The van der Waals surface area contributed by atoms with Crippen LogP contribution in [0.4, 0.5) is 0 Å². The fraction of sp³-hybridized carbons (Fsp3) is 0.529. The summed E-state index contributed by atoms with van der Waals surface area (Å²) in [6.45, 7) is 6.28. The van der Waals surface area contributed by atoms with E-state index in [1.807, 2.05) is 0 Å². The highest BCUT2D eigenvalue weighted by atomic mass is 16.5. The summed E-state index contributed by atoms with van der Waals surface area (Å²) >= 11 is 0. The number of rotatable bonds is 6. The average molecular weight is 259 g/mol. The molecule has 1 unspecified atom stereocenters. The van der Waals surface area contributed by atoms with Crippen molar-refractivity contribution in [3.8, 4) is 0 Å². The Labute approximate surface area is 116 Å². The molecule has 1 N–H and O–H groups in total. The van der Waals surface area contributed by atoms with Crippen LogP contribution in [0.2, 0.25) is 0 Å². The molecule has 2 heteroatoms. The van der Waals surface area contributed by atoms with Crippen molar-refractivity contribution in [3.63, 3.8) is 0 Å². The lowest BCUT2D eigenvalue weighted by atomic mass is 9.96. The molecule has 2 rings (SSSR count). The molecular weight excluding hydrogens is 234 g/mol. The minimum atomic E-state index is 0.219. The average Bonchev–Trinajstić information content (AvgIpc) is 2.49. The summed E-state index contributed by atoms with van der Waals surface area (Å²) < 4.78 is 5.89. The van der Waals surface area contributed by atoms with Crippen LogP contribution in [0, 0.1) is 0 Å². The molecule has 0 bridgehead atoms. The summed E-state index contributed by atoms with van der Waals surface area (Å²) in [5.74, 6) is 1.11. The van der Waals surface area contributed by atoms with Gasteiger partial charge < -0.3 is 10.1 Å². The molecule has 0 saturated carbocycles. The molecule has 0 aromatic heterocycles. The maximum absolute atomic E-state index is 5.89. The van der Waals surface area contributed by atoms with E-state index in [2.05, 4.69) is 49.5 Å². The quantitative estimate of drug-likeness (QED) is 0.834. The summed E-state index contributed by atoms with van der Waals surface area (Å²) in [5, 5.41) is 3.64. The van der Waals surface area contributed by atoms with Crippen LogP contribution in [0.5, 0.6) is 0 Å². The zero-order valence-corrected chi connectivity index (χ0v) is 12.1. The highest BCUT2D eigenvalue weighted by Gasteiger charge is 2.21. The van der Waals surface area contributed by atoms with Gasteiger partial charge in [-0.3, -0.25) is 0 Å².